The quantitative estimate of drug-likeness (QED) is 0.222. The normalized spacial score (nSPS) is 25.4. The molecule has 10 heteroatoms. The number of benzene rings is 2. The van der Waals surface area contributed by atoms with Crippen molar-refractivity contribution in [1.29, 1.82) is 5.41 Å². The molecule has 4 aliphatic rings. The summed E-state index contributed by atoms with van der Waals surface area (Å²) < 4.78 is 49.5. The summed E-state index contributed by atoms with van der Waals surface area (Å²) in [6.45, 7) is -0.0718. The van der Waals surface area contributed by atoms with Crippen molar-refractivity contribution in [3.8, 4) is 5.75 Å². The lowest BCUT2D eigenvalue weighted by Crippen LogP contribution is -2.45. The zero-order valence-corrected chi connectivity index (χ0v) is 22.5. The predicted molar refractivity (Wildman–Crippen MR) is 146 cm³/mol. The monoisotopic (exact) mass is 570 g/mol. The SMILES string of the molecule is N=C(/C(COC1CC2CC[C@@H](C1)N2c1ccc(C2(C(=O)O)CC2)cc1)=C(\O)C1CC1)c1ccccc1OC(F)(F)F. The number of halogens is 3. The molecule has 2 bridgehead atoms. The Morgan fingerprint density at radius 2 is 1.61 bits per heavy atom. The standard InChI is InChI=1S/C31H33F3N2O5/c32-31(33,34)41-26-4-2-1-3-24(26)27(35)25(28(37)18-5-6-18)17-40-23-15-21-11-12-22(16-23)36(21)20-9-7-19(8-10-20)30(13-14-30)29(38)39/h1-4,7-10,18,21-23,35,37H,5-6,11-17H2,(H,38,39)/b28-25-,35-27?/t21-,22?,23?/m0/s1. The molecule has 4 fully saturated rings. The van der Waals surface area contributed by atoms with Crippen molar-refractivity contribution in [2.24, 2.45) is 5.92 Å². The van der Waals surface area contributed by atoms with Gasteiger partial charge in [-0.25, -0.2) is 0 Å². The highest BCUT2D eigenvalue weighted by Crippen LogP contribution is 2.49. The van der Waals surface area contributed by atoms with Crippen molar-refractivity contribution < 1.29 is 37.7 Å². The highest BCUT2D eigenvalue weighted by molar-refractivity contribution is 6.12. The molecule has 2 heterocycles. The average molecular weight is 571 g/mol. The van der Waals surface area contributed by atoms with Crippen LogP contribution in [-0.2, 0) is 14.9 Å². The van der Waals surface area contributed by atoms with E-state index in [4.69, 9.17) is 10.1 Å². The predicted octanol–water partition coefficient (Wildman–Crippen LogP) is 6.51. The van der Waals surface area contributed by atoms with E-state index in [0.29, 0.717) is 12.8 Å². The van der Waals surface area contributed by atoms with Gasteiger partial charge in [-0.2, -0.15) is 0 Å². The first-order valence-corrected chi connectivity index (χ1v) is 14.2. The van der Waals surface area contributed by atoms with E-state index < -0.39 is 23.5 Å². The summed E-state index contributed by atoms with van der Waals surface area (Å²) in [5.74, 6) is -1.36. The number of aliphatic hydroxyl groups is 1. The van der Waals surface area contributed by atoms with E-state index in [1.54, 1.807) is 0 Å². The number of aliphatic hydroxyl groups excluding tert-OH is 1. The summed E-state index contributed by atoms with van der Waals surface area (Å²) >= 11 is 0. The molecular weight excluding hydrogens is 537 g/mol. The van der Waals surface area contributed by atoms with Crippen LogP contribution in [0, 0.1) is 11.3 Å². The molecule has 6 rings (SSSR count). The molecule has 2 saturated carbocycles. The zero-order valence-electron chi connectivity index (χ0n) is 22.5. The molecule has 3 N–H and O–H groups in total. The second kappa shape index (κ2) is 10.4. The van der Waals surface area contributed by atoms with E-state index in [1.165, 1.54) is 18.2 Å². The number of carboxylic acids is 1. The van der Waals surface area contributed by atoms with Gasteiger partial charge in [0, 0.05) is 34.8 Å². The Labute approximate surface area is 236 Å². The average Bonchev–Trinajstić information content (AvgIpc) is 3.85. The van der Waals surface area contributed by atoms with E-state index in [1.807, 2.05) is 24.3 Å². The van der Waals surface area contributed by atoms with E-state index in [9.17, 15) is 28.2 Å². The minimum absolute atomic E-state index is 0.00658. The summed E-state index contributed by atoms with van der Waals surface area (Å²) in [6.07, 6.45) is 1.32. The Balaban J connectivity index is 1.14. The van der Waals surface area contributed by atoms with Gasteiger partial charge < -0.3 is 24.6 Å². The number of ether oxygens (including phenoxy) is 2. The number of nitrogens with zero attached hydrogens (tertiary/aromatic N) is 1. The van der Waals surface area contributed by atoms with Gasteiger partial charge in [0.05, 0.1) is 23.8 Å². The van der Waals surface area contributed by atoms with Crippen molar-refractivity contribution in [2.75, 3.05) is 11.5 Å². The molecule has 0 radical (unpaired) electrons. The van der Waals surface area contributed by atoms with E-state index in [2.05, 4.69) is 9.64 Å². The number of alkyl halides is 3. The van der Waals surface area contributed by atoms with Crippen LogP contribution in [0.15, 0.2) is 59.9 Å². The fourth-order valence-electron chi connectivity index (χ4n) is 6.52. The Morgan fingerprint density at radius 3 is 2.17 bits per heavy atom. The summed E-state index contributed by atoms with van der Waals surface area (Å²) in [6, 6.07) is 13.9. The fourth-order valence-corrected chi connectivity index (χ4v) is 6.52. The number of allylic oxidation sites excluding steroid dienone is 1. The van der Waals surface area contributed by atoms with Gasteiger partial charge in [0.25, 0.3) is 0 Å². The minimum atomic E-state index is -4.90. The van der Waals surface area contributed by atoms with Gasteiger partial charge in [-0.05, 0) is 81.2 Å². The third-order valence-electron chi connectivity index (χ3n) is 8.99. The number of carbonyl (C=O) groups is 1. The van der Waals surface area contributed by atoms with Crippen LogP contribution >= 0.6 is 0 Å². The van der Waals surface area contributed by atoms with Gasteiger partial charge in [0.15, 0.2) is 0 Å². The first kappa shape index (κ1) is 27.6. The lowest BCUT2D eigenvalue weighted by molar-refractivity contribution is -0.274. The molecule has 0 aromatic heterocycles. The van der Waals surface area contributed by atoms with Gasteiger partial charge in [-0.15, -0.1) is 13.2 Å². The molecule has 2 aliphatic heterocycles. The number of fused-ring (bicyclic) bond motifs is 2. The summed E-state index contributed by atoms with van der Waals surface area (Å²) in [7, 11) is 0. The molecule has 0 spiro atoms. The van der Waals surface area contributed by atoms with E-state index in [0.717, 1.165) is 55.8 Å². The molecular formula is C31H33F3N2O5. The second-order valence-corrected chi connectivity index (χ2v) is 11.7. The molecule has 2 aromatic rings. The molecule has 3 atom stereocenters. The highest BCUT2D eigenvalue weighted by atomic mass is 19.4. The van der Waals surface area contributed by atoms with E-state index in [-0.39, 0.29) is 53.3 Å². The van der Waals surface area contributed by atoms with Crippen LogP contribution in [0.4, 0.5) is 18.9 Å². The lowest BCUT2D eigenvalue weighted by atomic mass is 9.94. The van der Waals surface area contributed by atoms with Crippen LogP contribution in [0.5, 0.6) is 5.75 Å². The van der Waals surface area contributed by atoms with Crippen LogP contribution in [-0.4, -0.2) is 53.1 Å². The van der Waals surface area contributed by atoms with Crippen LogP contribution in [0.3, 0.4) is 0 Å². The molecule has 0 amide bonds. The summed E-state index contributed by atoms with van der Waals surface area (Å²) in [5, 5.41) is 29.3. The number of hydrogen-bond donors (Lipinski definition) is 3. The minimum Gasteiger partial charge on any atom is -0.512 e. The van der Waals surface area contributed by atoms with Crippen LogP contribution in [0.2, 0.25) is 0 Å². The van der Waals surface area contributed by atoms with Crippen LogP contribution in [0.25, 0.3) is 0 Å². The van der Waals surface area contributed by atoms with Crippen molar-refractivity contribution >= 4 is 17.4 Å². The number of rotatable bonds is 10. The van der Waals surface area contributed by atoms with Gasteiger partial charge in [-0.3, -0.25) is 10.2 Å². The van der Waals surface area contributed by atoms with E-state index >= 15 is 0 Å². The number of hydrogen-bond acceptors (Lipinski definition) is 6. The number of anilines is 1. The summed E-state index contributed by atoms with van der Waals surface area (Å²) in [5.41, 5.74) is 1.09. The maximum atomic E-state index is 13.0. The summed E-state index contributed by atoms with van der Waals surface area (Å²) in [4.78, 5) is 14.1. The molecule has 41 heavy (non-hydrogen) atoms. The van der Waals surface area contributed by atoms with Crippen molar-refractivity contribution in [2.45, 2.75) is 81.3 Å². The Morgan fingerprint density at radius 1 is 0.976 bits per heavy atom. The topological polar surface area (TPSA) is 103 Å². The third-order valence-corrected chi connectivity index (χ3v) is 8.99. The van der Waals surface area contributed by atoms with Crippen molar-refractivity contribution in [3.63, 3.8) is 0 Å². The largest absolute Gasteiger partial charge is 0.573 e. The molecule has 7 nitrogen and oxygen atoms in total. The van der Waals surface area contributed by atoms with Gasteiger partial charge in [0.1, 0.15) is 11.5 Å². The van der Waals surface area contributed by atoms with Crippen LogP contribution < -0.4 is 9.64 Å². The first-order valence-electron chi connectivity index (χ1n) is 14.2. The highest BCUT2D eigenvalue weighted by Gasteiger charge is 2.52. The van der Waals surface area contributed by atoms with Crippen molar-refractivity contribution in [1.82, 2.24) is 0 Å². The molecule has 2 aromatic carbocycles. The number of aliphatic carboxylic acids is 1. The maximum Gasteiger partial charge on any atom is 0.573 e. The number of piperidine rings is 1. The first-order chi connectivity index (χ1) is 19.6. The Hall–Kier alpha value is -3.53. The number of nitrogens with one attached hydrogen (secondary N) is 1. The van der Waals surface area contributed by atoms with Crippen LogP contribution in [0.1, 0.15) is 62.5 Å². The zero-order chi connectivity index (χ0) is 28.9. The Bertz CT molecular complexity index is 1350. The smallest absolute Gasteiger partial charge is 0.512 e. The molecule has 218 valence electrons. The lowest BCUT2D eigenvalue weighted by Gasteiger charge is -2.40. The Kier molecular flexibility index (Phi) is 7.00. The van der Waals surface area contributed by atoms with Gasteiger partial charge in [0.2, 0.25) is 0 Å². The number of carboxylic acid groups (broad SMARTS) is 1. The molecule has 2 unspecified atom stereocenters. The second-order valence-electron chi connectivity index (χ2n) is 11.7. The van der Waals surface area contributed by atoms with Crippen molar-refractivity contribution in [3.05, 3.63) is 71.0 Å². The molecule has 2 saturated heterocycles. The number of para-hydroxylation sites is 1. The maximum absolute atomic E-state index is 13.0. The third kappa shape index (κ3) is 5.54. The fraction of sp³-hybridized carbons (Fsp3) is 0.484. The molecule has 2 aliphatic carbocycles. The van der Waals surface area contributed by atoms with Gasteiger partial charge in [-0.1, -0.05) is 24.3 Å². The van der Waals surface area contributed by atoms with Gasteiger partial charge >= 0.3 is 12.3 Å².